The number of hydrogen-bond acceptors (Lipinski definition) is 1. The Kier molecular flexibility index (Phi) is 2.83. The Bertz CT molecular complexity index is 389. The number of nitrogens with zero attached hydrogens (tertiary/aromatic N) is 1. The van der Waals surface area contributed by atoms with Gasteiger partial charge in [0, 0.05) is 24.5 Å². The Morgan fingerprint density at radius 3 is 2.67 bits per heavy atom. The summed E-state index contributed by atoms with van der Waals surface area (Å²) >= 11 is 3.53. The molecule has 0 aromatic heterocycles. The first-order valence-electron chi connectivity index (χ1n) is 5.07. The lowest BCUT2D eigenvalue weighted by Gasteiger charge is -2.10. The highest BCUT2D eigenvalue weighted by Crippen LogP contribution is 2.50. The van der Waals surface area contributed by atoms with Crippen LogP contribution in [-0.2, 0) is 4.79 Å². The van der Waals surface area contributed by atoms with Gasteiger partial charge >= 0.3 is 0 Å². The number of amides is 1. The number of hydrogen-bond donors (Lipinski definition) is 0. The van der Waals surface area contributed by atoms with Gasteiger partial charge in [0.05, 0.1) is 0 Å². The van der Waals surface area contributed by atoms with Crippen LogP contribution in [0.4, 0.5) is 0 Å². The van der Waals surface area contributed by atoms with Crippen LogP contribution in [0.5, 0.6) is 0 Å². The lowest BCUT2D eigenvalue weighted by molar-refractivity contribution is -0.130. The van der Waals surface area contributed by atoms with Crippen molar-refractivity contribution < 1.29 is 4.79 Å². The topological polar surface area (TPSA) is 20.3 Å². The quantitative estimate of drug-likeness (QED) is 0.807. The fourth-order valence-electron chi connectivity index (χ4n) is 1.92. The monoisotopic (exact) mass is 267 g/mol. The summed E-state index contributed by atoms with van der Waals surface area (Å²) in [5.74, 6) is 0.852. The molecule has 0 saturated heterocycles. The van der Waals surface area contributed by atoms with Crippen LogP contribution in [0.1, 0.15) is 17.9 Å². The molecule has 15 heavy (non-hydrogen) atoms. The summed E-state index contributed by atoms with van der Waals surface area (Å²) in [6, 6.07) is 8.15. The molecule has 0 aliphatic heterocycles. The predicted molar refractivity (Wildman–Crippen MR) is 63.7 cm³/mol. The molecule has 0 spiro atoms. The Hall–Kier alpha value is -0.830. The second kappa shape index (κ2) is 3.97. The number of halogens is 1. The molecular weight excluding hydrogens is 254 g/mol. The summed E-state index contributed by atoms with van der Waals surface area (Å²) in [5.41, 5.74) is 1.26. The minimum absolute atomic E-state index is 0.193. The third-order valence-corrected chi connectivity index (χ3v) is 3.58. The molecule has 2 rings (SSSR count). The molecule has 0 unspecified atom stereocenters. The van der Waals surface area contributed by atoms with Crippen molar-refractivity contribution in [3.05, 3.63) is 34.3 Å². The first-order chi connectivity index (χ1) is 7.11. The Balaban J connectivity index is 2.12. The first-order valence-corrected chi connectivity index (χ1v) is 5.86. The molecule has 0 N–H and O–H groups in total. The molecular formula is C12H14BrNO. The summed E-state index contributed by atoms with van der Waals surface area (Å²) in [6.45, 7) is 0. The van der Waals surface area contributed by atoms with Gasteiger partial charge in [0.1, 0.15) is 0 Å². The molecule has 1 saturated carbocycles. The summed E-state index contributed by atoms with van der Waals surface area (Å²) in [5, 5.41) is 0. The molecule has 80 valence electrons. The summed E-state index contributed by atoms with van der Waals surface area (Å²) < 4.78 is 1.11. The molecule has 1 amide bonds. The maximum absolute atomic E-state index is 11.7. The van der Waals surface area contributed by atoms with Gasteiger partial charge in [0.15, 0.2) is 0 Å². The molecule has 1 aliphatic carbocycles. The number of rotatable bonds is 2. The third kappa shape index (κ3) is 2.07. The van der Waals surface area contributed by atoms with Crippen molar-refractivity contribution in [1.82, 2.24) is 4.90 Å². The maximum atomic E-state index is 11.7. The van der Waals surface area contributed by atoms with Gasteiger partial charge in [-0.05, 0) is 24.0 Å². The van der Waals surface area contributed by atoms with Crippen LogP contribution in [0.2, 0.25) is 0 Å². The van der Waals surface area contributed by atoms with Crippen molar-refractivity contribution in [3.8, 4) is 0 Å². The normalized spacial score (nSPS) is 23.7. The number of carbonyl (C=O) groups is 1. The summed E-state index contributed by atoms with van der Waals surface area (Å²) in [4.78, 5) is 13.4. The van der Waals surface area contributed by atoms with Gasteiger partial charge in [-0.2, -0.15) is 0 Å². The lowest BCUT2D eigenvalue weighted by Crippen LogP contribution is -2.23. The van der Waals surface area contributed by atoms with E-state index in [4.69, 9.17) is 0 Å². The third-order valence-electron chi connectivity index (χ3n) is 2.85. The highest BCUT2D eigenvalue weighted by atomic mass is 79.9. The van der Waals surface area contributed by atoms with E-state index in [1.165, 1.54) is 5.56 Å². The summed E-state index contributed by atoms with van der Waals surface area (Å²) in [7, 11) is 3.63. The van der Waals surface area contributed by atoms with Crippen LogP contribution in [-0.4, -0.2) is 24.9 Å². The van der Waals surface area contributed by atoms with Crippen molar-refractivity contribution in [3.63, 3.8) is 0 Å². The zero-order chi connectivity index (χ0) is 11.0. The van der Waals surface area contributed by atoms with Crippen molar-refractivity contribution >= 4 is 21.8 Å². The van der Waals surface area contributed by atoms with E-state index in [9.17, 15) is 4.79 Å². The average molecular weight is 268 g/mol. The Labute approximate surface area is 98.4 Å². The van der Waals surface area contributed by atoms with Gasteiger partial charge in [-0.15, -0.1) is 0 Å². The van der Waals surface area contributed by atoms with Gasteiger partial charge in [-0.25, -0.2) is 0 Å². The van der Waals surface area contributed by atoms with E-state index in [1.807, 2.05) is 32.3 Å². The largest absolute Gasteiger partial charge is 0.349 e. The van der Waals surface area contributed by atoms with E-state index in [-0.39, 0.29) is 11.8 Å². The van der Waals surface area contributed by atoms with Gasteiger partial charge in [-0.1, -0.05) is 34.1 Å². The smallest absolute Gasteiger partial charge is 0.225 e. The minimum Gasteiger partial charge on any atom is -0.349 e. The van der Waals surface area contributed by atoms with Crippen LogP contribution < -0.4 is 0 Å². The molecule has 1 fully saturated rings. The van der Waals surface area contributed by atoms with Crippen molar-refractivity contribution in [2.45, 2.75) is 12.3 Å². The number of benzene rings is 1. The van der Waals surface area contributed by atoms with Crippen LogP contribution in [0.15, 0.2) is 28.7 Å². The zero-order valence-electron chi connectivity index (χ0n) is 8.90. The molecule has 2 nitrogen and oxygen atoms in total. The molecule has 0 radical (unpaired) electrons. The molecule has 1 aliphatic rings. The second-order valence-electron chi connectivity index (χ2n) is 4.20. The second-order valence-corrected chi connectivity index (χ2v) is 5.06. The first kappa shape index (κ1) is 10.7. The van der Waals surface area contributed by atoms with E-state index in [1.54, 1.807) is 4.90 Å². The lowest BCUT2D eigenvalue weighted by atomic mass is 10.1. The van der Waals surface area contributed by atoms with Crippen LogP contribution >= 0.6 is 15.9 Å². The molecule has 1 aromatic rings. The van der Waals surface area contributed by atoms with E-state index in [0.29, 0.717) is 5.92 Å². The molecule has 2 atom stereocenters. The standard InChI is InChI=1S/C12H14BrNO/c1-14(2)12(15)10-7-9(10)8-5-3-4-6-11(8)13/h3-6,9-10H,7H2,1-2H3/t9-,10+/m0/s1. The van der Waals surface area contributed by atoms with Crippen molar-refractivity contribution in [2.24, 2.45) is 5.92 Å². The summed E-state index contributed by atoms with van der Waals surface area (Å²) in [6.07, 6.45) is 0.986. The van der Waals surface area contributed by atoms with Crippen LogP contribution in [0, 0.1) is 5.92 Å². The van der Waals surface area contributed by atoms with Gasteiger partial charge in [0.25, 0.3) is 0 Å². The van der Waals surface area contributed by atoms with Gasteiger partial charge in [0.2, 0.25) is 5.91 Å². The van der Waals surface area contributed by atoms with E-state index < -0.39 is 0 Å². The fraction of sp³-hybridized carbons (Fsp3) is 0.417. The minimum atomic E-state index is 0.193. The molecule has 3 heteroatoms. The van der Waals surface area contributed by atoms with Crippen LogP contribution in [0.3, 0.4) is 0 Å². The molecule has 0 bridgehead atoms. The van der Waals surface area contributed by atoms with Gasteiger partial charge < -0.3 is 4.90 Å². The van der Waals surface area contributed by atoms with Gasteiger partial charge in [-0.3, -0.25) is 4.79 Å². The number of carbonyl (C=O) groups excluding carboxylic acids is 1. The van der Waals surface area contributed by atoms with Crippen LogP contribution in [0.25, 0.3) is 0 Å². The highest BCUT2D eigenvalue weighted by molar-refractivity contribution is 9.10. The fourth-order valence-corrected chi connectivity index (χ4v) is 2.50. The SMILES string of the molecule is CN(C)C(=O)[C@@H]1C[C@H]1c1ccccc1Br. The predicted octanol–water partition coefficient (Wildman–Crippen LogP) is 2.64. The van der Waals surface area contributed by atoms with Crippen molar-refractivity contribution in [2.75, 3.05) is 14.1 Å². The van der Waals surface area contributed by atoms with E-state index >= 15 is 0 Å². The maximum Gasteiger partial charge on any atom is 0.225 e. The van der Waals surface area contributed by atoms with E-state index in [2.05, 4.69) is 22.0 Å². The van der Waals surface area contributed by atoms with Crippen molar-refractivity contribution in [1.29, 1.82) is 0 Å². The molecule has 1 aromatic carbocycles. The Morgan fingerprint density at radius 2 is 2.07 bits per heavy atom. The highest BCUT2D eigenvalue weighted by Gasteiger charge is 2.45. The van der Waals surface area contributed by atoms with E-state index in [0.717, 1.165) is 10.9 Å². The molecule has 0 heterocycles. The zero-order valence-corrected chi connectivity index (χ0v) is 10.5. The average Bonchev–Trinajstić information content (AvgIpc) is 2.97. The Morgan fingerprint density at radius 1 is 1.40 bits per heavy atom.